The van der Waals surface area contributed by atoms with Gasteiger partial charge in [0.2, 0.25) is 29.5 Å². The molecule has 4 atom stereocenters. The SMILES string of the molecule is CN1C(=O)[C@@H](Cc2ccc(O)cc2)NC(=O)CNC(=O)[C@H](Cc2ccc3ccccc3c2)NC(=O)[C@H](CCCN=C(N)N)NC(=O)[C@H]1CCCN=C(N)N. The Labute approximate surface area is 313 Å². The Morgan fingerprint density at radius 1 is 0.704 bits per heavy atom. The van der Waals surface area contributed by atoms with Crippen molar-refractivity contribution in [1.82, 2.24) is 26.2 Å². The topological polar surface area (TPSA) is 286 Å². The quantitative estimate of drug-likeness (QED) is 0.0610. The second-order valence-corrected chi connectivity index (χ2v) is 13.1. The Balaban J connectivity index is 1.71. The van der Waals surface area contributed by atoms with E-state index >= 15 is 0 Å². The number of hydrogen-bond acceptors (Lipinski definition) is 8. The molecule has 54 heavy (non-hydrogen) atoms. The highest BCUT2D eigenvalue weighted by molar-refractivity contribution is 5.97. The van der Waals surface area contributed by atoms with E-state index in [1.165, 1.54) is 24.1 Å². The molecule has 4 rings (SSSR count). The second kappa shape index (κ2) is 19.4. The van der Waals surface area contributed by atoms with Crippen LogP contribution in [-0.4, -0.2) is 102 Å². The lowest BCUT2D eigenvalue weighted by Gasteiger charge is -2.32. The Hall–Kier alpha value is -6.39. The number of aliphatic imine (C=N–C) groups is 2. The van der Waals surface area contributed by atoms with Crippen molar-refractivity contribution in [3.05, 3.63) is 77.9 Å². The van der Waals surface area contributed by atoms with Crippen LogP contribution in [0.25, 0.3) is 10.8 Å². The standard InChI is InChI=1S/C37H49N11O6/c1-48-30(9-5-17-43-37(40)41)34(53)46-27(8-4-16-42-36(38)39)33(52)47-28(20-23-10-13-24-6-2-3-7-25(24)18-23)32(51)44-21-31(50)45-29(35(48)54)19-22-11-14-26(49)15-12-22/h2-3,6-7,10-15,18,27-30,49H,4-5,8-9,16-17,19-21H2,1H3,(H,44,51)(H,45,50)(H,46,53)(H,47,52)(H4,38,39,42)(H4,40,41,43)/t27-,28-,29+,30+/m0/s1. The van der Waals surface area contributed by atoms with Crippen LogP contribution in [0.1, 0.15) is 36.8 Å². The molecule has 0 bridgehead atoms. The van der Waals surface area contributed by atoms with Crippen molar-refractivity contribution in [3.63, 3.8) is 0 Å². The summed E-state index contributed by atoms with van der Waals surface area (Å²) in [6.45, 7) is -0.183. The van der Waals surface area contributed by atoms with E-state index in [0.717, 1.165) is 16.3 Å². The minimum absolute atomic E-state index is 0.00350. The molecule has 0 unspecified atom stereocenters. The molecule has 5 amide bonds. The van der Waals surface area contributed by atoms with Crippen molar-refractivity contribution in [2.24, 2.45) is 32.9 Å². The Morgan fingerprint density at radius 3 is 1.96 bits per heavy atom. The summed E-state index contributed by atoms with van der Waals surface area (Å²) in [6.07, 6.45) is 0.823. The van der Waals surface area contributed by atoms with E-state index in [2.05, 4.69) is 31.3 Å². The van der Waals surface area contributed by atoms with Gasteiger partial charge in [0.05, 0.1) is 6.54 Å². The first-order valence-electron chi connectivity index (χ1n) is 17.6. The Morgan fingerprint density at radius 2 is 1.30 bits per heavy atom. The third-order valence-corrected chi connectivity index (χ3v) is 8.95. The molecule has 17 nitrogen and oxygen atoms in total. The number of likely N-dealkylation sites (N-methyl/N-ethyl adjacent to an activating group) is 1. The summed E-state index contributed by atoms with van der Waals surface area (Å²) in [5.41, 5.74) is 23.3. The fourth-order valence-corrected chi connectivity index (χ4v) is 6.12. The molecular weight excluding hydrogens is 694 g/mol. The number of carbonyl (C=O) groups excluding carboxylic acids is 5. The molecule has 3 aromatic carbocycles. The lowest BCUT2D eigenvalue weighted by Crippen LogP contribution is -2.58. The third-order valence-electron chi connectivity index (χ3n) is 8.95. The maximum atomic E-state index is 14.1. The normalized spacial score (nSPS) is 20.1. The average molecular weight is 744 g/mol. The fraction of sp³-hybridized carbons (Fsp3) is 0.378. The summed E-state index contributed by atoms with van der Waals surface area (Å²) in [4.78, 5) is 78.5. The Kier molecular flexibility index (Phi) is 14.5. The maximum Gasteiger partial charge on any atom is 0.245 e. The largest absolute Gasteiger partial charge is 0.508 e. The van der Waals surface area contributed by atoms with Crippen LogP contribution in [0, 0.1) is 0 Å². The van der Waals surface area contributed by atoms with Gasteiger partial charge in [-0.05, 0) is 59.7 Å². The second-order valence-electron chi connectivity index (χ2n) is 13.1. The van der Waals surface area contributed by atoms with Crippen LogP contribution in [0.3, 0.4) is 0 Å². The van der Waals surface area contributed by atoms with Gasteiger partial charge >= 0.3 is 0 Å². The van der Waals surface area contributed by atoms with Crippen LogP contribution >= 0.6 is 0 Å². The van der Waals surface area contributed by atoms with Crippen LogP contribution in [0.5, 0.6) is 5.75 Å². The number of aromatic hydroxyl groups is 1. The van der Waals surface area contributed by atoms with Gasteiger partial charge in [0.1, 0.15) is 29.9 Å². The van der Waals surface area contributed by atoms with Gasteiger partial charge in [0.25, 0.3) is 0 Å². The number of nitrogens with two attached hydrogens (primary N) is 4. The first-order chi connectivity index (χ1) is 25.8. The molecular formula is C37H49N11O6. The predicted octanol–water partition coefficient (Wildman–Crippen LogP) is -1.15. The van der Waals surface area contributed by atoms with E-state index < -0.39 is 60.2 Å². The molecule has 0 aromatic heterocycles. The highest BCUT2D eigenvalue weighted by Crippen LogP contribution is 2.18. The van der Waals surface area contributed by atoms with Crippen molar-refractivity contribution < 1.29 is 29.1 Å². The van der Waals surface area contributed by atoms with Gasteiger partial charge in [0.15, 0.2) is 11.9 Å². The van der Waals surface area contributed by atoms with Crippen molar-refractivity contribution in [2.45, 2.75) is 62.7 Å². The number of nitrogens with one attached hydrogen (secondary N) is 4. The van der Waals surface area contributed by atoms with Crippen molar-refractivity contribution in [2.75, 3.05) is 26.7 Å². The van der Waals surface area contributed by atoms with E-state index in [1.54, 1.807) is 12.1 Å². The number of nitrogens with zero attached hydrogens (tertiary/aromatic N) is 3. The molecule has 0 radical (unpaired) electrons. The van der Waals surface area contributed by atoms with E-state index in [0.29, 0.717) is 5.56 Å². The lowest BCUT2D eigenvalue weighted by molar-refractivity contribution is -0.142. The van der Waals surface area contributed by atoms with Gasteiger partial charge in [0, 0.05) is 33.0 Å². The minimum atomic E-state index is -1.18. The molecule has 1 heterocycles. The minimum Gasteiger partial charge on any atom is -0.508 e. The average Bonchev–Trinajstić information content (AvgIpc) is 3.14. The highest BCUT2D eigenvalue weighted by atomic mass is 16.3. The van der Waals surface area contributed by atoms with Crippen molar-refractivity contribution >= 4 is 52.2 Å². The zero-order chi connectivity index (χ0) is 39.2. The molecule has 13 N–H and O–H groups in total. The van der Waals surface area contributed by atoms with Gasteiger partial charge in [-0.1, -0.05) is 54.6 Å². The van der Waals surface area contributed by atoms with E-state index in [-0.39, 0.29) is 69.3 Å². The maximum absolute atomic E-state index is 14.1. The van der Waals surface area contributed by atoms with Gasteiger partial charge < -0.3 is 54.2 Å². The third kappa shape index (κ3) is 12.1. The van der Waals surface area contributed by atoms with Crippen LogP contribution in [-0.2, 0) is 36.8 Å². The highest BCUT2D eigenvalue weighted by Gasteiger charge is 2.35. The van der Waals surface area contributed by atoms with Crippen LogP contribution in [0.4, 0.5) is 0 Å². The molecule has 1 aliphatic rings. The molecule has 17 heteroatoms. The number of phenols is 1. The predicted molar refractivity (Wildman–Crippen MR) is 205 cm³/mol. The van der Waals surface area contributed by atoms with Crippen molar-refractivity contribution in [1.29, 1.82) is 0 Å². The molecule has 1 saturated heterocycles. The molecule has 1 aliphatic heterocycles. The summed E-state index contributed by atoms with van der Waals surface area (Å²) >= 11 is 0. The molecule has 3 aromatic rings. The van der Waals surface area contributed by atoms with E-state index in [4.69, 9.17) is 22.9 Å². The van der Waals surface area contributed by atoms with Gasteiger partial charge in [-0.25, -0.2) is 0 Å². The van der Waals surface area contributed by atoms with Crippen LogP contribution < -0.4 is 44.2 Å². The van der Waals surface area contributed by atoms with E-state index in [9.17, 15) is 29.1 Å². The zero-order valence-electron chi connectivity index (χ0n) is 30.2. The van der Waals surface area contributed by atoms with Gasteiger partial charge in [-0.2, -0.15) is 0 Å². The Bertz CT molecular complexity index is 1860. The number of fused-ring (bicyclic) bond motifs is 1. The summed E-state index contributed by atoms with van der Waals surface area (Å²) in [5.74, 6) is -3.51. The van der Waals surface area contributed by atoms with Crippen LogP contribution in [0.2, 0.25) is 0 Å². The van der Waals surface area contributed by atoms with Crippen LogP contribution in [0.15, 0.2) is 76.7 Å². The number of phenolic OH excluding ortho intramolecular Hbond substituents is 1. The molecule has 0 aliphatic carbocycles. The first kappa shape index (κ1) is 40.4. The van der Waals surface area contributed by atoms with Gasteiger partial charge in [-0.3, -0.25) is 34.0 Å². The van der Waals surface area contributed by atoms with E-state index in [1.807, 2.05) is 42.5 Å². The summed E-state index contributed by atoms with van der Waals surface area (Å²) in [6, 6.07) is 14.8. The zero-order valence-corrected chi connectivity index (χ0v) is 30.2. The number of amides is 5. The lowest BCUT2D eigenvalue weighted by atomic mass is 10.00. The number of guanidine groups is 2. The molecule has 0 saturated carbocycles. The van der Waals surface area contributed by atoms with Crippen molar-refractivity contribution in [3.8, 4) is 5.75 Å². The fourth-order valence-electron chi connectivity index (χ4n) is 6.12. The number of benzene rings is 3. The molecule has 1 fully saturated rings. The number of hydrogen-bond donors (Lipinski definition) is 9. The monoisotopic (exact) mass is 743 g/mol. The summed E-state index contributed by atoms with van der Waals surface area (Å²) < 4.78 is 0. The first-order valence-corrected chi connectivity index (χ1v) is 17.6. The smallest absolute Gasteiger partial charge is 0.245 e. The number of rotatable bonds is 12. The number of carbonyl (C=O) groups is 5. The molecule has 288 valence electrons. The molecule has 0 spiro atoms. The van der Waals surface area contributed by atoms with Gasteiger partial charge in [-0.15, -0.1) is 0 Å². The summed E-state index contributed by atoms with van der Waals surface area (Å²) in [7, 11) is 1.43. The summed E-state index contributed by atoms with van der Waals surface area (Å²) in [5, 5.41) is 22.6.